The van der Waals surface area contributed by atoms with Crippen molar-refractivity contribution in [1.82, 2.24) is 20.2 Å². The Balaban J connectivity index is 1.48. The van der Waals surface area contributed by atoms with Crippen LogP contribution in [0.2, 0.25) is 0 Å². The summed E-state index contributed by atoms with van der Waals surface area (Å²) in [5.41, 5.74) is 2.94. The Kier molecular flexibility index (Phi) is 4.57. The van der Waals surface area contributed by atoms with Crippen molar-refractivity contribution < 1.29 is 9.90 Å². The maximum absolute atomic E-state index is 12.7. The van der Waals surface area contributed by atoms with Crippen molar-refractivity contribution in [3.05, 3.63) is 54.1 Å². The van der Waals surface area contributed by atoms with Crippen molar-refractivity contribution in [2.24, 2.45) is 0 Å². The Labute approximate surface area is 154 Å². The average Bonchev–Trinajstić information content (AvgIpc) is 3.15. The van der Waals surface area contributed by atoms with Gasteiger partial charge in [0.1, 0.15) is 5.75 Å². The van der Waals surface area contributed by atoms with Crippen LogP contribution in [0.4, 0.5) is 5.69 Å². The molecule has 0 unspecified atom stereocenters. The number of para-hydroxylation sites is 1. The maximum atomic E-state index is 12.7. The van der Waals surface area contributed by atoms with Crippen LogP contribution in [0, 0.1) is 0 Å². The van der Waals surface area contributed by atoms with Crippen molar-refractivity contribution in [3.8, 4) is 11.4 Å². The van der Waals surface area contributed by atoms with Gasteiger partial charge in [0.25, 0.3) is 0 Å². The summed E-state index contributed by atoms with van der Waals surface area (Å²) in [5.74, 6) is 0.477. The van der Waals surface area contributed by atoms with Crippen LogP contribution in [0.5, 0.6) is 5.75 Å². The predicted octanol–water partition coefficient (Wildman–Crippen LogP) is 2.44. The molecule has 0 atom stereocenters. The second-order valence-corrected chi connectivity index (χ2v) is 6.90. The van der Waals surface area contributed by atoms with Gasteiger partial charge in [0, 0.05) is 12.2 Å². The first-order chi connectivity index (χ1) is 12.7. The number of aromatic nitrogens is 4. The molecule has 2 heterocycles. The minimum atomic E-state index is 0.0439. The summed E-state index contributed by atoms with van der Waals surface area (Å²) in [6.45, 7) is 0.735. The smallest absolute Gasteiger partial charge is 0.237 e. The monoisotopic (exact) mass is 367 g/mol. The molecular weight excluding hydrogens is 350 g/mol. The zero-order valence-electron chi connectivity index (χ0n) is 13.9. The van der Waals surface area contributed by atoms with Crippen molar-refractivity contribution in [1.29, 1.82) is 0 Å². The summed E-state index contributed by atoms with van der Waals surface area (Å²) < 4.78 is 1.56. The molecule has 3 aromatic rings. The molecule has 4 rings (SSSR count). The van der Waals surface area contributed by atoms with E-state index in [4.69, 9.17) is 0 Å². The molecule has 8 heteroatoms. The highest BCUT2D eigenvalue weighted by atomic mass is 32.2. The number of phenolic OH excluding ortho intramolecular Hbond substituents is 1. The second kappa shape index (κ2) is 7.17. The molecule has 1 aromatic heterocycles. The van der Waals surface area contributed by atoms with Crippen molar-refractivity contribution in [2.45, 2.75) is 18.0 Å². The number of nitrogens with zero attached hydrogens (tertiary/aromatic N) is 5. The minimum absolute atomic E-state index is 0.0439. The molecule has 0 saturated carbocycles. The fourth-order valence-corrected chi connectivity index (χ4v) is 3.79. The number of aryl methyl sites for hydroxylation is 1. The molecule has 0 aliphatic carbocycles. The lowest BCUT2D eigenvalue weighted by Crippen LogP contribution is -2.36. The molecule has 0 bridgehead atoms. The Morgan fingerprint density at radius 1 is 1.15 bits per heavy atom. The molecule has 1 aliphatic heterocycles. The standard InChI is InChI=1S/C18H17N5O2S/c24-15-9-7-14(8-10-15)23-18(19-20-21-23)26-12-17(25)22-11-3-5-13-4-1-2-6-16(13)22/h1-2,4,6-10,24H,3,5,11-12H2. The third-order valence-corrected chi connectivity index (χ3v) is 5.18. The molecule has 0 saturated heterocycles. The molecule has 132 valence electrons. The molecule has 1 aliphatic rings. The molecule has 7 nitrogen and oxygen atoms in total. The Morgan fingerprint density at radius 2 is 1.96 bits per heavy atom. The van der Waals surface area contributed by atoms with Gasteiger partial charge < -0.3 is 10.0 Å². The highest BCUT2D eigenvalue weighted by Gasteiger charge is 2.23. The Bertz CT molecular complexity index is 925. The second-order valence-electron chi connectivity index (χ2n) is 5.96. The number of tetrazole rings is 1. The third kappa shape index (κ3) is 3.28. The van der Waals surface area contributed by atoms with Crippen LogP contribution >= 0.6 is 11.8 Å². The molecule has 0 fully saturated rings. The number of amides is 1. The number of thioether (sulfide) groups is 1. The number of hydrogen-bond acceptors (Lipinski definition) is 6. The number of carbonyl (C=O) groups is 1. The van der Waals surface area contributed by atoms with Gasteiger partial charge >= 0.3 is 0 Å². The van der Waals surface area contributed by atoms with Gasteiger partial charge in [0.05, 0.1) is 11.4 Å². The van der Waals surface area contributed by atoms with Crippen LogP contribution in [-0.4, -0.2) is 43.5 Å². The number of hydrogen-bond donors (Lipinski definition) is 1. The van der Waals surface area contributed by atoms with E-state index >= 15 is 0 Å². The van der Waals surface area contributed by atoms with E-state index in [-0.39, 0.29) is 17.4 Å². The molecule has 26 heavy (non-hydrogen) atoms. The van der Waals surface area contributed by atoms with Crippen LogP contribution in [0.3, 0.4) is 0 Å². The number of fused-ring (bicyclic) bond motifs is 1. The van der Waals surface area contributed by atoms with Crippen molar-refractivity contribution in [2.75, 3.05) is 17.2 Å². The molecular formula is C18H17N5O2S. The van der Waals surface area contributed by atoms with Gasteiger partial charge in [-0.1, -0.05) is 30.0 Å². The summed E-state index contributed by atoms with van der Waals surface area (Å²) in [6, 6.07) is 14.6. The highest BCUT2D eigenvalue weighted by Crippen LogP contribution is 2.28. The predicted molar refractivity (Wildman–Crippen MR) is 98.7 cm³/mol. The van der Waals surface area contributed by atoms with Crippen LogP contribution in [0.15, 0.2) is 53.7 Å². The molecule has 0 spiro atoms. The van der Waals surface area contributed by atoms with Crippen LogP contribution in [0.1, 0.15) is 12.0 Å². The van der Waals surface area contributed by atoms with Gasteiger partial charge in [-0.2, -0.15) is 4.68 Å². The largest absolute Gasteiger partial charge is 0.508 e. The van der Waals surface area contributed by atoms with E-state index in [2.05, 4.69) is 21.6 Å². The topological polar surface area (TPSA) is 84.1 Å². The number of carbonyl (C=O) groups excluding carboxylic acids is 1. The quantitative estimate of drug-likeness (QED) is 0.713. The molecule has 0 radical (unpaired) electrons. The van der Waals surface area contributed by atoms with Crippen LogP contribution in [0.25, 0.3) is 5.69 Å². The molecule has 1 amide bonds. The average molecular weight is 367 g/mol. The molecule has 1 N–H and O–H groups in total. The van der Waals surface area contributed by atoms with E-state index in [1.165, 1.54) is 17.3 Å². The van der Waals surface area contributed by atoms with Crippen LogP contribution < -0.4 is 4.90 Å². The fraction of sp³-hybridized carbons (Fsp3) is 0.222. The SMILES string of the molecule is O=C(CSc1nnnn1-c1ccc(O)cc1)N1CCCc2ccccc21. The lowest BCUT2D eigenvalue weighted by atomic mass is 10.0. The maximum Gasteiger partial charge on any atom is 0.237 e. The third-order valence-electron chi connectivity index (χ3n) is 4.27. The zero-order chi connectivity index (χ0) is 17.9. The van der Waals surface area contributed by atoms with E-state index < -0.39 is 0 Å². The fourth-order valence-electron chi connectivity index (χ4n) is 3.02. The number of rotatable bonds is 4. The van der Waals surface area contributed by atoms with Crippen LogP contribution in [-0.2, 0) is 11.2 Å². The minimum Gasteiger partial charge on any atom is -0.508 e. The van der Waals surface area contributed by atoms with Gasteiger partial charge in [0.15, 0.2) is 0 Å². The van der Waals surface area contributed by atoms with E-state index in [0.717, 1.165) is 30.8 Å². The first kappa shape index (κ1) is 16.6. The molecule has 2 aromatic carbocycles. The van der Waals surface area contributed by atoms with E-state index in [1.54, 1.807) is 28.9 Å². The number of benzene rings is 2. The zero-order valence-corrected chi connectivity index (χ0v) is 14.8. The van der Waals surface area contributed by atoms with Crippen molar-refractivity contribution >= 4 is 23.4 Å². The van der Waals surface area contributed by atoms with E-state index in [0.29, 0.717) is 5.16 Å². The summed E-state index contributed by atoms with van der Waals surface area (Å²) in [6.07, 6.45) is 1.98. The first-order valence-electron chi connectivity index (χ1n) is 8.31. The number of phenols is 1. The summed E-state index contributed by atoms with van der Waals surface area (Å²) in [4.78, 5) is 14.6. The van der Waals surface area contributed by atoms with Crippen molar-refractivity contribution in [3.63, 3.8) is 0 Å². The van der Waals surface area contributed by atoms with Gasteiger partial charge in [-0.05, 0) is 59.2 Å². The van der Waals surface area contributed by atoms with Gasteiger partial charge in [-0.3, -0.25) is 4.79 Å². The van der Waals surface area contributed by atoms with E-state index in [9.17, 15) is 9.90 Å². The highest BCUT2D eigenvalue weighted by molar-refractivity contribution is 7.99. The van der Waals surface area contributed by atoms with Gasteiger partial charge in [0.2, 0.25) is 11.1 Å². The normalized spacial score (nSPS) is 13.5. The number of anilines is 1. The lowest BCUT2D eigenvalue weighted by molar-refractivity contribution is -0.116. The van der Waals surface area contributed by atoms with Gasteiger partial charge in [-0.15, -0.1) is 5.10 Å². The summed E-state index contributed by atoms with van der Waals surface area (Å²) in [5, 5.41) is 21.6. The first-order valence-corrected chi connectivity index (χ1v) is 9.30. The Hall–Kier alpha value is -2.87. The van der Waals surface area contributed by atoms with Gasteiger partial charge in [-0.25, -0.2) is 0 Å². The lowest BCUT2D eigenvalue weighted by Gasteiger charge is -2.29. The summed E-state index contributed by atoms with van der Waals surface area (Å²) in [7, 11) is 0. The Morgan fingerprint density at radius 3 is 2.81 bits per heavy atom. The van der Waals surface area contributed by atoms with E-state index in [1.807, 2.05) is 23.1 Å². The summed E-state index contributed by atoms with van der Waals surface area (Å²) >= 11 is 1.30. The number of aromatic hydroxyl groups is 1.